The molecule has 2 heterocycles. The lowest BCUT2D eigenvalue weighted by Gasteiger charge is -2.13. The van der Waals surface area contributed by atoms with Gasteiger partial charge >= 0.3 is 6.03 Å². The number of halogens is 1. The van der Waals surface area contributed by atoms with Crippen LogP contribution in [-0.2, 0) is 16.1 Å². The fourth-order valence-corrected chi connectivity index (χ4v) is 2.41. The van der Waals surface area contributed by atoms with Crippen LogP contribution in [-0.4, -0.2) is 29.0 Å². The molecule has 8 nitrogen and oxygen atoms in total. The zero-order valence-electron chi connectivity index (χ0n) is 13.0. The molecule has 25 heavy (non-hydrogen) atoms. The minimum Gasteiger partial charge on any atom is -0.359 e. The summed E-state index contributed by atoms with van der Waals surface area (Å²) < 4.78 is 18.4. The number of urea groups is 1. The van der Waals surface area contributed by atoms with Gasteiger partial charge in [-0.1, -0.05) is 17.3 Å². The Hall–Kier alpha value is -3.23. The summed E-state index contributed by atoms with van der Waals surface area (Å²) in [5.74, 6) is -0.874. The number of imide groups is 1. The molecule has 1 aromatic heterocycles. The molecule has 0 aliphatic carbocycles. The first-order valence-electron chi connectivity index (χ1n) is 7.61. The van der Waals surface area contributed by atoms with Crippen molar-refractivity contribution in [1.29, 1.82) is 0 Å². The zero-order valence-corrected chi connectivity index (χ0v) is 13.0. The van der Waals surface area contributed by atoms with Crippen molar-refractivity contribution in [2.75, 3.05) is 0 Å². The molecule has 1 aromatic carbocycles. The van der Waals surface area contributed by atoms with Crippen molar-refractivity contribution in [1.82, 2.24) is 21.1 Å². The van der Waals surface area contributed by atoms with Gasteiger partial charge in [0.05, 0.1) is 6.54 Å². The van der Waals surface area contributed by atoms with Gasteiger partial charge in [0.1, 0.15) is 17.6 Å². The zero-order chi connectivity index (χ0) is 17.8. The van der Waals surface area contributed by atoms with Crippen LogP contribution in [0.5, 0.6) is 0 Å². The van der Waals surface area contributed by atoms with E-state index in [1.54, 1.807) is 18.2 Å². The van der Waals surface area contributed by atoms with Crippen LogP contribution >= 0.6 is 0 Å². The summed E-state index contributed by atoms with van der Waals surface area (Å²) in [7, 11) is 0. The minimum absolute atomic E-state index is 0.0505. The summed E-state index contributed by atoms with van der Waals surface area (Å²) in [6.45, 7) is 0.0505. The highest BCUT2D eigenvalue weighted by molar-refractivity contribution is 5.98. The number of carbonyl (C=O) groups excluding carboxylic acids is 3. The van der Waals surface area contributed by atoms with Crippen LogP contribution < -0.4 is 16.0 Å². The standard InChI is InChI=1S/C16H15FN4O4/c17-10-3-1-2-9(6-10)13-7-11(25-21-13)8-18-15(23)12-4-5-14(22)20-16(24)19-12/h1-3,6-7,12H,4-5,8H2,(H,18,23)(H2,19,20,22,24)/t12-/m1/s1. The molecule has 4 amide bonds. The summed E-state index contributed by atoms with van der Waals surface area (Å²) in [4.78, 5) is 34.8. The molecule has 3 N–H and O–H groups in total. The van der Waals surface area contributed by atoms with Gasteiger partial charge in [-0.25, -0.2) is 9.18 Å². The Bertz CT molecular complexity index is 820. The van der Waals surface area contributed by atoms with E-state index in [0.29, 0.717) is 17.0 Å². The average molecular weight is 346 g/mol. The van der Waals surface area contributed by atoms with E-state index in [1.165, 1.54) is 12.1 Å². The van der Waals surface area contributed by atoms with Gasteiger partial charge in [0.25, 0.3) is 0 Å². The van der Waals surface area contributed by atoms with Gasteiger partial charge in [-0.05, 0) is 18.6 Å². The number of rotatable bonds is 4. The molecule has 1 atom stereocenters. The molecule has 0 saturated carbocycles. The maximum absolute atomic E-state index is 13.2. The summed E-state index contributed by atoms with van der Waals surface area (Å²) in [5.41, 5.74) is 1.00. The summed E-state index contributed by atoms with van der Waals surface area (Å²) in [5, 5.41) is 11.0. The van der Waals surface area contributed by atoms with Crippen molar-refractivity contribution < 1.29 is 23.3 Å². The molecular formula is C16H15FN4O4. The van der Waals surface area contributed by atoms with Gasteiger partial charge in [0.15, 0.2) is 5.76 Å². The Kier molecular flexibility index (Phi) is 4.73. The molecule has 0 spiro atoms. The number of amides is 4. The molecule has 2 aromatic rings. The number of hydrogen-bond donors (Lipinski definition) is 3. The van der Waals surface area contributed by atoms with Gasteiger partial charge in [-0.15, -0.1) is 0 Å². The third kappa shape index (κ3) is 4.19. The van der Waals surface area contributed by atoms with Crippen LogP contribution in [0.3, 0.4) is 0 Å². The molecule has 3 rings (SSSR count). The van der Waals surface area contributed by atoms with Gasteiger partial charge < -0.3 is 15.2 Å². The monoisotopic (exact) mass is 346 g/mol. The second-order valence-electron chi connectivity index (χ2n) is 5.52. The van der Waals surface area contributed by atoms with Gasteiger partial charge in [-0.3, -0.25) is 14.9 Å². The molecule has 0 bridgehead atoms. The SMILES string of the molecule is O=C1CC[C@H](C(=O)NCc2cc(-c3cccc(F)c3)no2)NC(=O)N1. The second-order valence-corrected chi connectivity index (χ2v) is 5.52. The quantitative estimate of drug-likeness (QED) is 0.767. The highest BCUT2D eigenvalue weighted by Crippen LogP contribution is 2.19. The number of carbonyl (C=O) groups is 3. The van der Waals surface area contributed by atoms with Gasteiger partial charge in [0, 0.05) is 18.1 Å². The molecule has 9 heteroatoms. The van der Waals surface area contributed by atoms with Crippen molar-refractivity contribution in [3.8, 4) is 11.3 Å². The first-order valence-corrected chi connectivity index (χ1v) is 7.61. The lowest BCUT2D eigenvalue weighted by Crippen LogP contribution is -2.48. The van der Waals surface area contributed by atoms with Crippen molar-refractivity contribution in [2.24, 2.45) is 0 Å². The van der Waals surface area contributed by atoms with E-state index in [-0.39, 0.29) is 25.2 Å². The largest absolute Gasteiger partial charge is 0.359 e. The number of nitrogens with zero attached hydrogens (tertiary/aromatic N) is 1. The topological polar surface area (TPSA) is 113 Å². The van der Waals surface area contributed by atoms with Crippen molar-refractivity contribution in [3.63, 3.8) is 0 Å². The Labute approximate surface area is 141 Å². The van der Waals surface area contributed by atoms with Crippen LogP contribution in [0.2, 0.25) is 0 Å². The number of aromatic nitrogens is 1. The Morgan fingerprint density at radius 3 is 3.00 bits per heavy atom. The van der Waals surface area contributed by atoms with Crippen LogP contribution in [0, 0.1) is 5.82 Å². The van der Waals surface area contributed by atoms with Crippen molar-refractivity contribution in [3.05, 3.63) is 41.9 Å². The maximum atomic E-state index is 13.2. The van der Waals surface area contributed by atoms with Gasteiger partial charge in [-0.2, -0.15) is 0 Å². The lowest BCUT2D eigenvalue weighted by molar-refractivity contribution is -0.123. The highest BCUT2D eigenvalue weighted by atomic mass is 19.1. The van der Waals surface area contributed by atoms with Gasteiger partial charge in [0.2, 0.25) is 11.8 Å². The fourth-order valence-electron chi connectivity index (χ4n) is 2.41. The van der Waals surface area contributed by atoms with Crippen LogP contribution in [0.1, 0.15) is 18.6 Å². The predicted octanol–water partition coefficient (Wildman–Crippen LogP) is 1.09. The van der Waals surface area contributed by atoms with E-state index < -0.39 is 23.9 Å². The van der Waals surface area contributed by atoms with E-state index in [0.717, 1.165) is 0 Å². The normalized spacial score (nSPS) is 17.4. The Balaban J connectivity index is 1.59. The molecule has 1 saturated heterocycles. The smallest absolute Gasteiger partial charge is 0.322 e. The first-order chi connectivity index (χ1) is 12.0. The first kappa shape index (κ1) is 16.6. The van der Waals surface area contributed by atoms with E-state index in [9.17, 15) is 18.8 Å². The lowest BCUT2D eigenvalue weighted by atomic mass is 10.1. The number of benzene rings is 1. The van der Waals surface area contributed by atoms with Crippen LogP contribution in [0.15, 0.2) is 34.9 Å². The predicted molar refractivity (Wildman–Crippen MR) is 83.4 cm³/mol. The number of nitrogens with one attached hydrogen (secondary N) is 3. The van der Waals surface area contributed by atoms with E-state index in [4.69, 9.17) is 4.52 Å². The van der Waals surface area contributed by atoms with Crippen molar-refractivity contribution >= 4 is 17.8 Å². The van der Waals surface area contributed by atoms with E-state index in [1.807, 2.05) is 0 Å². The summed E-state index contributed by atoms with van der Waals surface area (Å²) in [6.07, 6.45) is 0.275. The molecule has 0 unspecified atom stereocenters. The Morgan fingerprint density at radius 1 is 1.36 bits per heavy atom. The third-order valence-electron chi connectivity index (χ3n) is 3.65. The van der Waals surface area contributed by atoms with E-state index >= 15 is 0 Å². The third-order valence-corrected chi connectivity index (χ3v) is 3.65. The number of hydrogen-bond acceptors (Lipinski definition) is 5. The Morgan fingerprint density at radius 2 is 2.20 bits per heavy atom. The molecule has 1 aliphatic rings. The fraction of sp³-hybridized carbons (Fsp3) is 0.250. The molecule has 1 fully saturated rings. The molecule has 0 radical (unpaired) electrons. The second kappa shape index (κ2) is 7.12. The minimum atomic E-state index is -0.808. The summed E-state index contributed by atoms with van der Waals surface area (Å²) in [6, 6.07) is 5.98. The molecular weight excluding hydrogens is 331 g/mol. The summed E-state index contributed by atoms with van der Waals surface area (Å²) >= 11 is 0. The molecule has 130 valence electrons. The average Bonchev–Trinajstić information content (AvgIpc) is 2.98. The van der Waals surface area contributed by atoms with Crippen molar-refractivity contribution in [2.45, 2.75) is 25.4 Å². The van der Waals surface area contributed by atoms with Crippen LogP contribution in [0.4, 0.5) is 9.18 Å². The highest BCUT2D eigenvalue weighted by Gasteiger charge is 2.26. The van der Waals surface area contributed by atoms with E-state index in [2.05, 4.69) is 21.1 Å². The van der Waals surface area contributed by atoms with Crippen LogP contribution in [0.25, 0.3) is 11.3 Å². The maximum Gasteiger partial charge on any atom is 0.322 e. The molecule has 1 aliphatic heterocycles.